The smallest absolute Gasteiger partial charge is 0.304 e. The summed E-state index contributed by atoms with van der Waals surface area (Å²) in [6.07, 6.45) is 3.54. The third-order valence-electron chi connectivity index (χ3n) is 5.19. The summed E-state index contributed by atoms with van der Waals surface area (Å²) >= 11 is 0. The van der Waals surface area contributed by atoms with Crippen LogP contribution < -0.4 is 4.74 Å². The van der Waals surface area contributed by atoms with Crippen molar-refractivity contribution in [2.75, 3.05) is 19.6 Å². The molecule has 1 aromatic heterocycles. The third kappa shape index (κ3) is 3.71. The Balaban J connectivity index is 1.72. The zero-order valence-corrected chi connectivity index (χ0v) is 14.9. The highest BCUT2D eigenvalue weighted by Gasteiger charge is 2.25. The number of aromatic nitrogens is 1. The lowest BCUT2D eigenvalue weighted by Crippen LogP contribution is -2.33. The number of carboxylic acid groups (broad SMARTS) is 1. The van der Waals surface area contributed by atoms with Gasteiger partial charge in [0.2, 0.25) is 0 Å². The van der Waals surface area contributed by atoms with E-state index in [9.17, 15) is 9.18 Å². The summed E-state index contributed by atoms with van der Waals surface area (Å²) in [5.74, 6) is -0.392. The van der Waals surface area contributed by atoms with E-state index in [4.69, 9.17) is 9.84 Å². The Morgan fingerprint density at radius 3 is 2.81 bits per heavy atom. The Bertz CT molecular complexity index is 900. The van der Waals surface area contributed by atoms with Gasteiger partial charge in [0.15, 0.2) is 0 Å². The van der Waals surface area contributed by atoms with E-state index >= 15 is 0 Å². The minimum absolute atomic E-state index is 0.153. The van der Waals surface area contributed by atoms with Gasteiger partial charge < -0.3 is 14.7 Å². The number of piperidine rings is 1. The van der Waals surface area contributed by atoms with E-state index in [-0.39, 0.29) is 12.2 Å². The van der Waals surface area contributed by atoms with Gasteiger partial charge in [-0.25, -0.2) is 4.39 Å². The standard InChI is InChI=1S/C21H21FN2O3/c22-15-3-4-19-17(12-15)21(16-2-1-8-23-18(16)13-27-19)14-5-9-24(10-6-14)11-7-20(25)26/h1-4,8,12H,5-7,9-11,13H2,(H,25,26). The van der Waals surface area contributed by atoms with E-state index in [0.29, 0.717) is 18.9 Å². The predicted molar refractivity (Wildman–Crippen MR) is 98.9 cm³/mol. The summed E-state index contributed by atoms with van der Waals surface area (Å²) in [7, 11) is 0. The summed E-state index contributed by atoms with van der Waals surface area (Å²) < 4.78 is 19.9. The highest BCUT2D eigenvalue weighted by Crippen LogP contribution is 2.40. The molecule has 4 rings (SSSR count). The van der Waals surface area contributed by atoms with Crippen LogP contribution in [0.3, 0.4) is 0 Å². The Morgan fingerprint density at radius 1 is 1.22 bits per heavy atom. The molecule has 0 saturated carbocycles. The van der Waals surface area contributed by atoms with E-state index in [0.717, 1.165) is 48.3 Å². The third-order valence-corrected chi connectivity index (χ3v) is 5.19. The molecule has 0 aliphatic carbocycles. The van der Waals surface area contributed by atoms with Crippen molar-refractivity contribution >= 4 is 11.5 Å². The van der Waals surface area contributed by atoms with Gasteiger partial charge in [-0.1, -0.05) is 11.6 Å². The fraction of sp³-hybridized carbons (Fsp3) is 0.333. The van der Waals surface area contributed by atoms with Crippen LogP contribution in [0.2, 0.25) is 0 Å². The Hall–Kier alpha value is -2.73. The number of ether oxygens (including phenoxy) is 1. The van der Waals surface area contributed by atoms with Crippen LogP contribution in [0.15, 0.2) is 42.1 Å². The van der Waals surface area contributed by atoms with Gasteiger partial charge in [-0.05, 0) is 42.7 Å². The molecule has 5 nitrogen and oxygen atoms in total. The average molecular weight is 368 g/mol. The van der Waals surface area contributed by atoms with Gasteiger partial charge in [0.25, 0.3) is 0 Å². The lowest BCUT2D eigenvalue weighted by Gasteiger charge is -2.29. The molecular formula is C21H21FN2O3. The molecule has 3 heterocycles. The molecule has 1 aromatic carbocycles. The van der Waals surface area contributed by atoms with Gasteiger partial charge in [-0.3, -0.25) is 9.78 Å². The molecule has 140 valence electrons. The number of carboxylic acids is 1. The minimum Gasteiger partial charge on any atom is -0.487 e. The summed E-state index contributed by atoms with van der Waals surface area (Å²) in [4.78, 5) is 17.4. The molecule has 2 aliphatic rings. The van der Waals surface area contributed by atoms with Crippen molar-refractivity contribution in [2.45, 2.75) is 25.9 Å². The van der Waals surface area contributed by atoms with Crippen LogP contribution in [-0.4, -0.2) is 40.6 Å². The molecule has 2 aliphatic heterocycles. The van der Waals surface area contributed by atoms with Crippen LogP contribution >= 0.6 is 0 Å². The molecular weight excluding hydrogens is 347 g/mol. The molecule has 1 saturated heterocycles. The second-order valence-corrected chi connectivity index (χ2v) is 6.89. The second-order valence-electron chi connectivity index (χ2n) is 6.89. The van der Waals surface area contributed by atoms with E-state index in [1.807, 2.05) is 12.1 Å². The summed E-state index contributed by atoms with van der Waals surface area (Å²) in [5, 5.41) is 8.88. The first-order chi connectivity index (χ1) is 13.1. The number of aliphatic carboxylic acids is 1. The van der Waals surface area contributed by atoms with Gasteiger partial charge in [-0.15, -0.1) is 0 Å². The first kappa shape index (κ1) is 17.7. The maximum Gasteiger partial charge on any atom is 0.304 e. The maximum absolute atomic E-state index is 14.0. The van der Waals surface area contributed by atoms with Crippen LogP contribution in [0.25, 0.3) is 5.57 Å². The number of rotatable bonds is 3. The molecule has 1 N–H and O–H groups in total. The second kappa shape index (κ2) is 7.48. The van der Waals surface area contributed by atoms with E-state index in [1.54, 1.807) is 12.3 Å². The van der Waals surface area contributed by atoms with Crippen LogP contribution in [0.1, 0.15) is 36.1 Å². The van der Waals surface area contributed by atoms with Crippen molar-refractivity contribution in [2.24, 2.45) is 0 Å². The molecule has 0 spiro atoms. The molecule has 2 aromatic rings. The van der Waals surface area contributed by atoms with Crippen LogP contribution in [-0.2, 0) is 11.4 Å². The van der Waals surface area contributed by atoms with E-state index in [2.05, 4.69) is 9.88 Å². The topological polar surface area (TPSA) is 62.7 Å². The fourth-order valence-corrected chi connectivity index (χ4v) is 3.83. The average Bonchev–Trinajstić information content (AvgIpc) is 2.83. The predicted octanol–water partition coefficient (Wildman–Crippen LogP) is 3.49. The SMILES string of the molecule is O=C(O)CCN1CCC(=C2c3cc(F)ccc3OCc3ncccc32)CC1. The van der Waals surface area contributed by atoms with Crippen molar-refractivity contribution in [3.05, 3.63) is 64.7 Å². The lowest BCUT2D eigenvalue weighted by atomic mass is 9.87. The Kier molecular flexibility index (Phi) is 4.90. The number of nitrogens with zero attached hydrogens (tertiary/aromatic N) is 2. The summed E-state index contributed by atoms with van der Waals surface area (Å²) in [5.41, 5.74) is 4.88. The Labute approximate surface area is 157 Å². The van der Waals surface area contributed by atoms with Crippen molar-refractivity contribution in [3.63, 3.8) is 0 Å². The number of carbonyl (C=O) groups is 1. The first-order valence-corrected chi connectivity index (χ1v) is 9.15. The number of pyridine rings is 1. The molecule has 0 atom stereocenters. The summed E-state index contributed by atoms with van der Waals surface area (Å²) in [6, 6.07) is 8.55. The first-order valence-electron chi connectivity index (χ1n) is 9.15. The molecule has 6 heteroatoms. The quantitative estimate of drug-likeness (QED) is 0.899. The lowest BCUT2D eigenvalue weighted by molar-refractivity contribution is -0.137. The van der Waals surface area contributed by atoms with E-state index < -0.39 is 5.97 Å². The van der Waals surface area contributed by atoms with Crippen LogP contribution in [0.5, 0.6) is 5.75 Å². The maximum atomic E-state index is 14.0. The van der Waals surface area contributed by atoms with Gasteiger partial charge in [-0.2, -0.15) is 0 Å². The number of benzene rings is 1. The monoisotopic (exact) mass is 368 g/mol. The van der Waals surface area contributed by atoms with Gasteiger partial charge in [0.05, 0.1) is 12.1 Å². The van der Waals surface area contributed by atoms with Gasteiger partial charge in [0, 0.05) is 37.0 Å². The molecule has 0 amide bonds. The van der Waals surface area contributed by atoms with E-state index in [1.165, 1.54) is 17.7 Å². The highest BCUT2D eigenvalue weighted by atomic mass is 19.1. The number of hydrogen-bond acceptors (Lipinski definition) is 4. The Morgan fingerprint density at radius 2 is 2.04 bits per heavy atom. The van der Waals surface area contributed by atoms with Crippen molar-refractivity contribution < 1.29 is 19.0 Å². The molecule has 0 radical (unpaired) electrons. The molecule has 1 fully saturated rings. The zero-order valence-electron chi connectivity index (χ0n) is 14.9. The van der Waals surface area contributed by atoms with Gasteiger partial charge >= 0.3 is 5.97 Å². The van der Waals surface area contributed by atoms with Crippen LogP contribution in [0, 0.1) is 5.82 Å². The molecule has 27 heavy (non-hydrogen) atoms. The minimum atomic E-state index is -0.774. The molecule has 0 bridgehead atoms. The summed E-state index contributed by atoms with van der Waals surface area (Å²) in [6.45, 7) is 2.52. The molecule has 0 unspecified atom stereocenters. The van der Waals surface area contributed by atoms with Crippen LogP contribution in [0.4, 0.5) is 4.39 Å². The van der Waals surface area contributed by atoms with Crippen molar-refractivity contribution in [3.8, 4) is 5.75 Å². The van der Waals surface area contributed by atoms with Crippen molar-refractivity contribution in [1.29, 1.82) is 0 Å². The largest absolute Gasteiger partial charge is 0.487 e. The number of fused-ring (bicyclic) bond motifs is 2. The van der Waals surface area contributed by atoms with Gasteiger partial charge in [0.1, 0.15) is 18.2 Å². The normalized spacial score (nSPS) is 16.9. The fourth-order valence-electron chi connectivity index (χ4n) is 3.83. The number of hydrogen-bond donors (Lipinski definition) is 1. The zero-order chi connectivity index (χ0) is 18.8. The number of likely N-dealkylation sites (tertiary alicyclic amines) is 1. The highest BCUT2D eigenvalue weighted by molar-refractivity contribution is 5.86. The van der Waals surface area contributed by atoms with Crippen molar-refractivity contribution in [1.82, 2.24) is 9.88 Å². The number of halogens is 1.